The largest absolute Gasteiger partial charge is 0.462 e. The van der Waals surface area contributed by atoms with E-state index in [0.717, 1.165) is 58.4 Å². The van der Waals surface area contributed by atoms with Crippen LogP contribution in [0, 0.1) is 11.8 Å². The smallest absolute Gasteiger partial charge is 0.341 e. The van der Waals surface area contributed by atoms with Crippen LogP contribution in [0.25, 0.3) is 0 Å². The molecule has 1 fully saturated rings. The van der Waals surface area contributed by atoms with E-state index in [4.69, 9.17) is 4.74 Å². The van der Waals surface area contributed by atoms with E-state index in [1.807, 2.05) is 24.3 Å². The van der Waals surface area contributed by atoms with E-state index in [1.165, 1.54) is 16.2 Å². The first-order chi connectivity index (χ1) is 17.1. The molecule has 2 aromatic carbocycles. The van der Waals surface area contributed by atoms with Gasteiger partial charge in [-0.2, -0.15) is 0 Å². The van der Waals surface area contributed by atoms with Gasteiger partial charge in [0.15, 0.2) is 0 Å². The summed E-state index contributed by atoms with van der Waals surface area (Å²) in [5.41, 5.74) is 6.01. The molecule has 0 unspecified atom stereocenters. The molecule has 0 saturated carbocycles. The number of nitrogens with zero attached hydrogens (tertiary/aromatic N) is 1. The highest BCUT2D eigenvalue weighted by Crippen LogP contribution is 2.62. The minimum atomic E-state index is -0.452. The first-order valence-corrected chi connectivity index (χ1v) is 13.3. The quantitative estimate of drug-likeness (QED) is 0.379. The summed E-state index contributed by atoms with van der Waals surface area (Å²) in [7, 11) is 0. The molecule has 35 heavy (non-hydrogen) atoms. The van der Waals surface area contributed by atoms with Gasteiger partial charge >= 0.3 is 5.97 Å². The van der Waals surface area contributed by atoms with Crippen LogP contribution < -0.4 is 4.90 Å². The SMILES string of the molecule is CCOC(=O)c1c(N2C(=O)[C@H]3C4c5ccccc5C(c5ccccc54)[C@@H]3C2=O)sc2c1CCCC2. The Balaban J connectivity index is 1.41. The molecule has 8 rings (SSSR count). The van der Waals surface area contributed by atoms with Gasteiger partial charge in [0.1, 0.15) is 5.00 Å². The Morgan fingerprint density at radius 2 is 1.40 bits per heavy atom. The summed E-state index contributed by atoms with van der Waals surface area (Å²) in [5, 5.41) is 0.479. The third kappa shape index (κ3) is 2.72. The molecule has 4 aliphatic carbocycles. The molecule has 0 radical (unpaired) electrons. The van der Waals surface area contributed by atoms with E-state index in [2.05, 4.69) is 24.3 Å². The Hall–Kier alpha value is -3.25. The summed E-state index contributed by atoms with van der Waals surface area (Å²) in [6.45, 7) is 2.04. The predicted octanol–water partition coefficient (Wildman–Crippen LogP) is 5.20. The van der Waals surface area contributed by atoms with Gasteiger partial charge in [-0.3, -0.25) is 9.59 Å². The van der Waals surface area contributed by atoms with E-state index < -0.39 is 17.8 Å². The van der Waals surface area contributed by atoms with Crippen LogP contribution in [0.4, 0.5) is 5.00 Å². The highest BCUT2D eigenvalue weighted by atomic mass is 32.1. The van der Waals surface area contributed by atoms with Crippen LogP contribution in [-0.2, 0) is 27.2 Å². The van der Waals surface area contributed by atoms with Crippen molar-refractivity contribution in [3.8, 4) is 0 Å². The number of carbonyl (C=O) groups excluding carboxylic acids is 3. The topological polar surface area (TPSA) is 63.7 Å². The minimum absolute atomic E-state index is 0.153. The van der Waals surface area contributed by atoms with Crippen LogP contribution in [0.5, 0.6) is 0 Å². The van der Waals surface area contributed by atoms with Gasteiger partial charge in [0.25, 0.3) is 0 Å². The molecule has 2 bridgehead atoms. The van der Waals surface area contributed by atoms with E-state index in [0.29, 0.717) is 10.6 Å². The number of rotatable bonds is 3. The molecule has 5 nitrogen and oxygen atoms in total. The highest BCUT2D eigenvalue weighted by Gasteiger charge is 2.62. The summed E-state index contributed by atoms with van der Waals surface area (Å²) < 4.78 is 5.42. The number of anilines is 1. The minimum Gasteiger partial charge on any atom is -0.462 e. The lowest BCUT2D eigenvalue weighted by Gasteiger charge is -2.45. The zero-order valence-electron chi connectivity index (χ0n) is 19.5. The lowest BCUT2D eigenvalue weighted by Crippen LogP contribution is -2.41. The zero-order chi connectivity index (χ0) is 23.8. The first kappa shape index (κ1) is 21.1. The third-order valence-electron chi connectivity index (χ3n) is 8.28. The van der Waals surface area contributed by atoms with Crippen molar-refractivity contribution >= 4 is 34.1 Å². The number of benzene rings is 2. The summed E-state index contributed by atoms with van der Waals surface area (Å²) >= 11 is 1.44. The predicted molar refractivity (Wildman–Crippen MR) is 133 cm³/mol. The normalized spacial score (nSPS) is 25.7. The number of amides is 2. The van der Waals surface area contributed by atoms with Gasteiger partial charge < -0.3 is 4.74 Å². The monoisotopic (exact) mass is 483 g/mol. The Morgan fingerprint density at radius 3 is 1.91 bits per heavy atom. The number of esters is 1. The van der Waals surface area contributed by atoms with Crippen molar-refractivity contribution in [2.75, 3.05) is 11.5 Å². The van der Waals surface area contributed by atoms with Crippen LogP contribution in [0.1, 0.15) is 74.7 Å². The first-order valence-electron chi connectivity index (χ1n) is 12.5. The Bertz CT molecular complexity index is 1310. The lowest BCUT2D eigenvalue weighted by atomic mass is 9.55. The van der Waals surface area contributed by atoms with Gasteiger partial charge in [-0.05, 0) is 60.4 Å². The van der Waals surface area contributed by atoms with Crippen LogP contribution in [0.3, 0.4) is 0 Å². The molecule has 2 atom stereocenters. The number of hydrogen-bond donors (Lipinski definition) is 0. The molecule has 5 aliphatic rings. The maximum absolute atomic E-state index is 14.2. The number of aryl methyl sites for hydroxylation is 1. The van der Waals surface area contributed by atoms with Crippen LogP contribution in [-0.4, -0.2) is 24.4 Å². The molecule has 1 saturated heterocycles. The second-order valence-corrected chi connectivity index (χ2v) is 11.0. The molecule has 1 aliphatic heterocycles. The van der Waals surface area contributed by atoms with Gasteiger partial charge in [0.05, 0.1) is 24.0 Å². The van der Waals surface area contributed by atoms with Crippen molar-refractivity contribution in [3.63, 3.8) is 0 Å². The van der Waals surface area contributed by atoms with Crippen molar-refractivity contribution in [2.24, 2.45) is 11.8 Å². The average Bonchev–Trinajstić information content (AvgIpc) is 3.39. The Labute approximate surface area is 207 Å². The average molecular weight is 484 g/mol. The van der Waals surface area contributed by atoms with E-state index in [1.54, 1.807) is 6.92 Å². The molecule has 0 N–H and O–H groups in total. The van der Waals surface area contributed by atoms with Crippen molar-refractivity contribution in [3.05, 3.63) is 86.8 Å². The van der Waals surface area contributed by atoms with Gasteiger partial charge in [0.2, 0.25) is 11.8 Å². The third-order valence-corrected chi connectivity index (χ3v) is 9.56. The molecule has 6 heteroatoms. The molecule has 1 aromatic heterocycles. The molecule has 2 heterocycles. The molecular weight excluding hydrogens is 458 g/mol. The van der Waals surface area contributed by atoms with E-state index >= 15 is 0 Å². The van der Waals surface area contributed by atoms with Crippen LogP contribution >= 0.6 is 11.3 Å². The number of thiophene rings is 1. The van der Waals surface area contributed by atoms with Gasteiger partial charge in [-0.25, -0.2) is 9.69 Å². The summed E-state index contributed by atoms with van der Waals surface area (Å²) in [6.07, 6.45) is 3.71. The second kappa shape index (κ2) is 7.62. The fourth-order valence-electron chi connectivity index (χ4n) is 7.00. The summed E-state index contributed by atoms with van der Waals surface area (Å²) in [4.78, 5) is 43.9. The summed E-state index contributed by atoms with van der Waals surface area (Å²) in [5.74, 6) is -1.99. The van der Waals surface area contributed by atoms with Crippen molar-refractivity contribution in [1.29, 1.82) is 0 Å². The molecule has 3 aromatic rings. The molecular formula is C29H25NO4S. The number of ether oxygens (including phenoxy) is 1. The number of imide groups is 1. The maximum Gasteiger partial charge on any atom is 0.341 e. The molecule has 176 valence electrons. The maximum atomic E-state index is 14.2. The highest BCUT2D eigenvalue weighted by molar-refractivity contribution is 7.17. The fraction of sp³-hybridized carbons (Fsp3) is 0.345. The molecule has 2 amide bonds. The van der Waals surface area contributed by atoms with E-state index in [9.17, 15) is 14.4 Å². The summed E-state index contributed by atoms with van der Waals surface area (Å²) in [6, 6.07) is 16.5. The van der Waals surface area contributed by atoms with Crippen LogP contribution in [0.15, 0.2) is 48.5 Å². The van der Waals surface area contributed by atoms with Gasteiger partial charge in [-0.1, -0.05) is 48.5 Å². The Kier molecular flexibility index (Phi) is 4.59. The Morgan fingerprint density at radius 1 is 0.886 bits per heavy atom. The van der Waals surface area contributed by atoms with Crippen molar-refractivity contribution in [2.45, 2.75) is 44.4 Å². The van der Waals surface area contributed by atoms with E-state index in [-0.39, 0.29) is 30.3 Å². The lowest BCUT2D eigenvalue weighted by molar-refractivity contribution is -0.122. The zero-order valence-corrected chi connectivity index (χ0v) is 20.3. The second-order valence-electron chi connectivity index (χ2n) is 9.89. The number of fused-ring (bicyclic) bond motifs is 1. The van der Waals surface area contributed by atoms with Gasteiger partial charge in [-0.15, -0.1) is 11.3 Å². The van der Waals surface area contributed by atoms with Gasteiger partial charge in [0, 0.05) is 16.7 Å². The fourth-order valence-corrected chi connectivity index (χ4v) is 8.39. The van der Waals surface area contributed by atoms with Crippen LogP contribution in [0.2, 0.25) is 0 Å². The molecule has 0 spiro atoms. The number of hydrogen-bond acceptors (Lipinski definition) is 5. The standard InChI is InChI=1S/C29H25NO4S/c1-2-34-29(33)23-19-13-7-8-14-20(19)35-28(23)30-26(31)24-21-15-9-3-4-10-16(15)22(25(24)27(30)32)18-12-6-5-11-17(18)21/h3-6,9-12,21-22,24-25H,2,7-8,13-14H2,1H3/t21?,22?,24-,25-/m0/s1. The van der Waals surface area contributed by atoms with Crippen molar-refractivity contribution in [1.82, 2.24) is 0 Å². The van der Waals surface area contributed by atoms with Crippen molar-refractivity contribution < 1.29 is 19.1 Å². The number of carbonyl (C=O) groups is 3.